The first kappa shape index (κ1) is 20.6. The number of benzene rings is 1. The minimum Gasteiger partial charge on any atom is -0.493 e. The topological polar surface area (TPSA) is 80.8 Å². The van der Waals surface area contributed by atoms with Gasteiger partial charge in [-0.05, 0) is 55.2 Å². The van der Waals surface area contributed by atoms with Gasteiger partial charge in [-0.25, -0.2) is 0 Å². The van der Waals surface area contributed by atoms with Crippen molar-refractivity contribution in [1.82, 2.24) is 15.2 Å². The summed E-state index contributed by atoms with van der Waals surface area (Å²) in [6.45, 7) is 4.66. The molecule has 0 saturated carbocycles. The second-order valence-corrected chi connectivity index (χ2v) is 7.62. The van der Waals surface area contributed by atoms with Crippen molar-refractivity contribution in [2.75, 3.05) is 20.8 Å². The van der Waals surface area contributed by atoms with Crippen LogP contribution >= 0.6 is 0 Å². The predicted molar refractivity (Wildman–Crippen MR) is 109 cm³/mol. The highest BCUT2D eigenvalue weighted by atomic mass is 16.5. The first-order valence-electron chi connectivity index (χ1n) is 9.57. The molecule has 1 N–H and O–H groups in total. The number of carbonyl (C=O) groups is 2. The number of aromatic nitrogens is 1. The van der Waals surface area contributed by atoms with Gasteiger partial charge in [0.1, 0.15) is 5.41 Å². The van der Waals surface area contributed by atoms with Crippen molar-refractivity contribution in [3.63, 3.8) is 0 Å². The molecule has 1 aliphatic rings. The van der Waals surface area contributed by atoms with Crippen LogP contribution in [0.25, 0.3) is 0 Å². The number of amides is 2. The van der Waals surface area contributed by atoms with E-state index in [1.54, 1.807) is 45.4 Å². The maximum absolute atomic E-state index is 13.2. The van der Waals surface area contributed by atoms with E-state index in [9.17, 15) is 9.59 Å². The molecule has 2 amide bonds. The number of fused-ring (bicyclic) bond motifs is 1. The first-order chi connectivity index (χ1) is 13.9. The molecule has 1 aromatic heterocycles. The lowest BCUT2D eigenvalue weighted by molar-refractivity contribution is -0.149. The Morgan fingerprint density at radius 1 is 1.17 bits per heavy atom. The number of nitrogens with zero attached hydrogens (tertiary/aromatic N) is 2. The Bertz CT molecular complexity index is 896. The highest BCUT2D eigenvalue weighted by Gasteiger charge is 2.40. The van der Waals surface area contributed by atoms with E-state index in [2.05, 4.69) is 10.3 Å². The molecule has 0 bridgehead atoms. The van der Waals surface area contributed by atoms with Crippen LogP contribution in [-0.2, 0) is 29.1 Å². The van der Waals surface area contributed by atoms with E-state index in [4.69, 9.17) is 9.47 Å². The minimum atomic E-state index is -1.17. The molecular formula is C22H27N3O4. The zero-order chi connectivity index (χ0) is 21.0. The third-order valence-electron chi connectivity index (χ3n) is 5.28. The molecule has 29 heavy (non-hydrogen) atoms. The molecule has 0 saturated heterocycles. The van der Waals surface area contributed by atoms with Gasteiger partial charge in [-0.3, -0.25) is 14.6 Å². The highest BCUT2D eigenvalue weighted by Crippen LogP contribution is 2.34. The van der Waals surface area contributed by atoms with E-state index in [0.717, 1.165) is 16.7 Å². The Balaban J connectivity index is 1.70. The average Bonchev–Trinajstić information content (AvgIpc) is 2.76. The molecule has 2 heterocycles. The van der Waals surface area contributed by atoms with Crippen molar-refractivity contribution in [2.24, 2.45) is 5.41 Å². The molecule has 3 rings (SSSR count). The smallest absolute Gasteiger partial charge is 0.238 e. The summed E-state index contributed by atoms with van der Waals surface area (Å²) in [5, 5.41) is 2.85. The van der Waals surface area contributed by atoms with E-state index < -0.39 is 5.41 Å². The van der Waals surface area contributed by atoms with Crippen molar-refractivity contribution in [1.29, 1.82) is 0 Å². The van der Waals surface area contributed by atoms with E-state index in [-0.39, 0.29) is 11.8 Å². The minimum absolute atomic E-state index is 0.193. The number of methoxy groups -OCH3 is 2. The van der Waals surface area contributed by atoms with Crippen LogP contribution in [0.2, 0.25) is 0 Å². The maximum atomic E-state index is 13.2. The molecule has 2 aromatic rings. The van der Waals surface area contributed by atoms with Crippen LogP contribution in [0.5, 0.6) is 11.5 Å². The fourth-order valence-corrected chi connectivity index (χ4v) is 3.45. The fraction of sp³-hybridized carbons (Fsp3) is 0.409. The second-order valence-electron chi connectivity index (χ2n) is 7.62. The van der Waals surface area contributed by atoms with Gasteiger partial charge < -0.3 is 19.7 Å². The molecule has 0 radical (unpaired) electrons. The average molecular weight is 397 g/mol. The normalized spacial score (nSPS) is 13.4. The van der Waals surface area contributed by atoms with E-state index in [1.165, 1.54) is 0 Å². The van der Waals surface area contributed by atoms with Gasteiger partial charge >= 0.3 is 0 Å². The Hall–Kier alpha value is -3.09. The molecule has 7 nitrogen and oxygen atoms in total. The van der Waals surface area contributed by atoms with Gasteiger partial charge in [0, 0.05) is 32.0 Å². The number of ether oxygens (including phenoxy) is 2. The lowest BCUT2D eigenvalue weighted by atomic mass is 9.88. The molecule has 0 fully saturated rings. The molecule has 0 unspecified atom stereocenters. The monoisotopic (exact) mass is 397 g/mol. The molecule has 7 heteroatoms. The van der Waals surface area contributed by atoms with Gasteiger partial charge in [-0.15, -0.1) is 0 Å². The number of hydrogen-bond donors (Lipinski definition) is 1. The van der Waals surface area contributed by atoms with Gasteiger partial charge in [0.05, 0.1) is 14.2 Å². The van der Waals surface area contributed by atoms with Gasteiger partial charge in [-0.2, -0.15) is 0 Å². The van der Waals surface area contributed by atoms with Crippen molar-refractivity contribution >= 4 is 11.8 Å². The molecule has 0 aliphatic carbocycles. The molecular weight excluding hydrogens is 370 g/mol. The Morgan fingerprint density at radius 3 is 2.48 bits per heavy atom. The molecule has 1 aliphatic heterocycles. The Labute approximate surface area is 171 Å². The van der Waals surface area contributed by atoms with Crippen molar-refractivity contribution in [2.45, 2.75) is 33.4 Å². The van der Waals surface area contributed by atoms with Crippen LogP contribution in [-0.4, -0.2) is 42.5 Å². The standard InChI is InChI=1S/C22H27N3O4/c1-22(2,20(26)24-13-15-6-5-8-23-12-15)21(27)25-9-7-16-10-18(28-3)19(29-4)11-17(16)14-25/h5-6,8,10-12H,7,9,13-14H2,1-4H3,(H,24,26). The first-order valence-corrected chi connectivity index (χ1v) is 9.57. The summed E-state index contributed by atoms with van der Waals surface area (Å²) in [6, 6.07) is 7.56. The molecule has 154 valence electrons. The third-order valence-corrected chi connectivity index (χ3v) is 5.28. The largest absolute Gasteiger partial charge is 0.493 e. The zero-order valence-electron chi connectivity index (χ0n) is 17.3. The summed E-state index contributed by atoms with van der Waals surface area (Å²) in [6.07, 6.45) is 4.07. The van der Waals surface area contributed by atoms with Crippen LogP contribution in [0.15, 0.2) is 36.7 Å². The molecule has 0 spiro atoms. The summed E-state index contributed by atoms with van der Waals surface area (Å²) in [7, 11) is 3.20. The quantitative estimate of drug-likeness (QED) is 0.757. The van der Waals surface area contributed by atoms with Gasteiger partial charge in [0.25, 0.3) is 0 Å². The van der Waals surface area contributed by atoms with Crippen LogP contribution in [0.1, 0.15) is 30.5 Å². The summed E-state index contributed by atoms with van der Waals surface area (Å²) < 4.78 is 10.7. The lowest BCUT2D eigenvalue weighted by Gasteiger charge is -2.34. The van der Waals surface area contributed by atoms with E-state index >= 15 is 0 Å². The SMILES string of the molecule is COc1cc2c(cc1OC)CN(C(=O)C(C)(C)C(=O)NCc1cccnc1)CC2. The molecule has 1 aromatic carbocycles. The number of hydrogen-bond acceptors (Lipinski definition) is 5. The van der Waals surface area contributed by atoms with Crippen LogP contribution in [0.4, 0.5) is 0 Å². The predicted octanol–water partition coefficient (Wildman–Crippen LogP) is 2.33. The summed E-state index contributed by atoms with van der Waals surface area (Å²) in [5.74, 6) is 0.821. The maximum Gasteiger partial charge on any atom is 0.238 e. The van der Waals surface area contributed by atoms with E-state index in [0.29, 0.717) is 37.6 Å². The Morgan fingerprint density at radius 2 is 1.86 bits per heavy atom. The number of rotatable bonds is 6. The van der Waals surface area contributed by atoms with Gasteiger partial charge in [-0.1, -0.05) is 6.07 Å². The lowest BCUT2D eigenvalue weighted by Crippen LogP contribution is -2.50. The summed E-state index contributed by atoms with van der Waals surface area (Å²) in [5.41, 5.74) is 1.85. The fourth-order valence-electron chi connectivity index (χ4n) is 3.45. The number of carbonyl (C=O) groups excluding carboxylic acids is 2. The van der Waals surface area contributed by atoms with Gasteiger partial charge in [0.15, 0.2) is 11.5 Å². The molecule has 0 atom stereocenters. The number of nitrogens with one attached hydrogen (secondary N) is 1. The van der Waals surface area contributed by atoms with Crippen molar-refractivity contribution in [3.8, 4) is 11.5 Å². The zero-order valence-corrected chi connectivity index (χ0v) is 17.3. The van der Waals surface area contributed by atoms with Crippen LogP contribution in [0.3, 0.4) is 0 Å². The Kier molecular flexibility index (Phi) is 6.06. The summed E-state index contributed by atoms with van der Waals surface area (Å²) in [4.78, 5) is 31.7. The number of pyridine rings is 1. The second kappa shape index (κ2) is 8.51. The highest BCUT2D eigenvalue weighted by molar-refractivity contribution is 6.04. The van der Waals surface area contributed by atoms with E-state index in [1.807, 2.05) is 24.3 Å². The summed E-state index contributed by atoms with van der Waals surface area (Å²) >= 11 is 0. The van der Waals surface area contributed by atoms with Crippen molar-refractivity contribution < 1.29 is 19.1 Å². The van der Waals surface area contributed by atoms with Crippen molar-refractivity contribution in [3.05, 3.63) is 53.3 Å². The van der Waals surface area contributed by atoms with Gasteiger partial charge in [0.2, 0.25) is 11.8 Å². The van der Waals surface area contributed by atoms with Crippen LogP contribution < -0.4 is 14.8 Å². The third kappa shape index (κ3) is 4.34. The van der Waals surface area contributed by atoms with Crippen LogP contribution in [0, 0.1) is 5.41 Å².